The molecule has 0 radical (unpaired) electrons. The maximum Gasteiger partial charge on any atom is 0.255 e. The first-order valence-electron chi connectivity index (χ1n) is 9.39. The number of halogens is 4. The van der Waals surface area contributed by atoms with Gasteiger partial charge in [-0.05, 0) is 60.7 Å². The molecule has 0 atom stereocenters. The van der Waals surface area contributed by atoms with Gasteiger partial charge in [0.1, 0.15) is 11.6 Å². The summed E-state index contributed by atoms with van der Waals surface area (Å²) >= 11 is 6.32. The Morgan fingerprint density at radius 1 is 0.969 bits per heavy atom. The van der Waals surface area contributed by atoms with Crippen LogP contribution in [0.25, 0.3) is 0 Å². The fourth-order valence-electron chi connectivity index (χ4n) is 2.92. The molecule has 0 aliphatic rings. The first-order valence-corrected chi connectivity index (χ1v) is 9.77. The number of carbonyl (C=O) groups is 2. The molecule has 0 saturated heterocycles. The Labute approximate surface area is 187 Å². The van der Waals surface area contributed by atoms with Crippen molar-refractivity contribution in [3.8, 4) is 5.75 Å². The zero-order valence-electron chi connectivity index (χ0n) is 16.8. The Morgan fingerprint density at radius 2 is 1.66 bits per heavy atom. The van der Waals surface area contributed by atoms with Crippen LogP contribution in [-0.2, 0) is 0 Å². The summed E-state index contributed by atoms with van der Waals surface area (Å²) in [6.45, 7) is -0.803. The lowest BCUT2D eigenvalue weighted by Crippen LogP contribution is -2.28. The second-order valence-corrected chi connectivity index (χ2v) is 7.08. The number of hydrogen-bond acceptors (Lipinski definition) is 4. The molecule has 0 fully saturated rings. The quantitative estimate of drug-likeness (QED) is 0.436. The molecule has 3 aromatic carbocycles. The van der Waals surface area contributed by atoms with Crippen molar-refractivity contribution in [1.82, 2.24) is 5.32 Å². The third kappa shape index (κ3) is 5.59. The van der Waals surface area contributed by atoms with Gasteiger partial charge >= 0.3 is 0 Å². The SMILES string of the molecule is COc1ccc(C(=O)NCC(F)F)cc1C(=O)c1ccc(Nc2ccc(F)cc2)cc1Cl. The Morgan fingerprint density at radius 3 is 2.28 bits per heavy atom. The summed E-state index contributed by atoms with van der Waals surface area (Å²) in [5.74, 6) is -1.42. The van der Waals surface area contributed by atoms with Crippen molar-refractivity contribution in [3.63, 3.8) is 0 Å². The lowest BCUT2D eigenvalue weighted by atomic mass is 9.99. The van der Waals surface area contributed by atoms with Gasteiger partial charge in [-0.3, -0.25) is 9.59 Å². The Balaban J connectivity index is 1.86. The number of ether oxygens (including phenoxy) is 1. The molecular formula is C23H18ClF3N2O3. The molecule has 0 aliphatic carbocycles. The number of carbonyl (C=O) groups excluding carboxylic acids is 2. The number of benzene rings is 3. The lowest BCUT2D eigenvalue weighted by Gasteiger charge is -2.13. The van der Waals surface area contributed by atoms with Crippen LogP contribution >= 0.6 is 11.6 Å². The van der Waals surface area contributed by atoms with E-state index in [2.05, 4.69) is 10.6 Å². The second kappa shape index (κ2) is 10.2. The lowest BCUT2D eigenvalue weighted by molar-refractivity contribution is 0.0891. The van der Waals surface area contributed by atoms with Crippen LogP contribution in [0.4, 0.5) is 24.5 Å². The molecule has 2 N–H and O–H groups in total. The van der Waals surface area contributed by atoms with Gasteiger partial charge in [0.2, 0.25) is 0 Å². The highest BCUT2D eigenvalue weighted by atomic mass is 35.5. The third-order valence-corrected chi connectivity index (χ3v) is 4.78. The molecular weight excluding hydrogens is 445 g/mol. The molecule has 0 unspecified atom stereocenters. The standard InChI is InChI=1S/C23H18ClF3N2O3/c1-32-20-9-2-13(23(31)28-12-21(26)27)10-18(20)22(30)17-8-7-16(11-19(17)24)29-15-5-3-14(25)4-6-15/h2-11,21,29H,12H2,1H3,(H,28,31). The van der Waals surface area contributed by atoms with E-state index < -0.39 is 24.7 Å². The number of nitrogens with one attached hydrogen (secondary N) is 2. The zero-order chi connectivity index (χ0) is 23.3. The summed E-state index contributed by atoms with van der Waals surface area (Å²) in [6, 6.07) is 14.4. The van der Waals surface area contributed by atoms with Crippen molar-refractivity contribution in [1.29, 1.82) is 0 Å². The van der Waals surface area contributed by atoms with Crippen molar-refractivity contribution in [2.24, 2.45) is 0 Å². The van der Waals surface area contributed by atoms with E-state index in [1.165, 1.54) is 49.6 Å². The fraction of sp³-hybridized carbons (Fsp3) is 0.130. The van der Waals surface area contributed by atoms with Crippen LogP contribution in [0.15, 0.2) is 60.7 Å². The Kier molecular flexibility index (Phi) is 7.37. The van der Waals surface area contributed by atoms with Crippen molar-refractivity contribution in [2.75, 3.05) is 19.0 Å². The minimum absolute atomic E-state index is 0.0283. The van der Waals surface area contributed by atoms with E-state index in [9.17, 15) is 22.8 Å². The van der Waals surface area contributed by atoms with Crippen LogP contribution in [-0.4, -0.2) is 31.8 Å². The first-order chi connectivity index (χ1) is 15.3. The predicted molar refractivity (Wildman–Crippen MR) is 116 cm³/mol. The van der Waals surface area contributed by atoms with E-state index in [0.717, 1.165) is 0 Å². The van der Waals surface area contributed by atoms with Gasteiger partial charge in [0.15, 0.2) is 5.78 Å². The van der Waals surface area contributed by atoms with E-state index in [-0.39, 0.29) is 33.3 Å². The van der Waals surface area contributed by atoms with Crippen LogP contribution in [0.3, 0.4) is 0 Å². The number of amides is 1. The number of hydrogen-bond donors (Lipinski definition) is 2. The highest BCUT2D eigenvalue weighted by Crippen LogP contribution is 2.29. The van der Waals surface area contributed by atoms with Gasteiger partial charge in [-0.15, -0.1) is 0 Å². The Bertz CT molecular complexity index is 1140. The second-order valence-electron chi connectivity index (χ2n) is 6.67. The molecule has 0 bridgehead atoms. The average Bonchev–Trinajstić information content (AvgIpc) is 2.78. The van der Waals surface area contributed by atoms with Crippen LogP contribution in [0.1, 0.15) is 26.3 Å². The summed E-state index contributed by atoms with van der Waals surface area (Å²) in [6.07, 6.45) is -2.70. The molecule has 0 heterocycles. The van der Waals surface area contributed by atoms with Gasteiger partial charge in [0.25, 0.3) is 12.3 Å². The number of methoxy groups -OCH3 is 1. The molecule has 5 nitrogen and oxygen atoms in total. The molecule has 166 valence electrons. The highest BCUT2D eigenvalue weighted by Gasteiger charge is 2.20. The molecule has 0 saturated carbocycles. The number of anilines is 2. The molecule has 3 aromatic rings. The minimum Gasteiger partial charge on any atom is -0.496 e. The van der Waals surface area contributed by atoms with Crippen LogP contribution in [0, 0.1) is 5.82 Å². The van der Waals surface area contributed by atoms with Crippen molar-refractivity contribution in [3.05, 3.63) is 88.2 Å². The topological polar surface area (TPSA) is 67.4 Å². The summed E-state index contributed by atoms with van der Waals surface area (Å²) < 4.78 is 43.0. The predicted octanol–water partition coefficient (Wildman–Crippen LogP) is 5.46. The molecule has 0 aromatic heterocycles. The number of ketones is 1. The minimum atomic E-state index is -2.70. The van der Waals surface area contributed by atoms with Gasteiger partial charge in [-0.2, -0.15) is 0 Å². The van der Waals surface area contributed by atoms with Gasteiger partial charge < -0.3 is 15.4 Å². The van der Waals surface area contributed by atoms with Crippen LogP contribution < -0.4 is 15.4 Å². The van der Waals surface area contributed by atoms with Gasteiger partial charge in [0.05, 0.1) is 24.2 Å². The fourth-order valence-corrected chi connectivity index (χ4v) is 3.19. The van der Waals surface area contributed by atoms with Gasteiger partial charge in [-0.1, -0.05) is 11.6 Å². The largest absolute Gasteiger partial charge is 0.496 e. The van der Waals surface area contributed by atoms with Crippen LogP contribution in [0.5, 0.6) is 5.75 Å². The van der Waals surface area contributed by atoms with E-state index in [1.807, 2.05) is 0 Å². The molecule has 0 aliphatic heterocycles. The van der Waals surface area contributed by atoms with Gasteiger partial charge in [0, 0.05) is 22.5 Å². The number of rotatable bonds is 8. The molecule has 3 rings (SSSR count). The normalized spacial score (nSPS) is 10.7. The molecule has 1 amide bonds. The first kappa shape index (κ1) is 23.1. The molecule has 32 heavy (non-hydrogen) atoms. The van der Waals surface area contributed by atoms with Crippen molar-refractivity contribution < 1.29 is 27.5 Å². The smallest absolute Gasteiger partial charge is 0.255 e. The summed E-state index contributed by atoms with van der Waals surface area (Å²) in [7, 11) is 1.36. The summed E-state index contributed by atoms with van der Waals surface area (Å²) in [4.78, 5) is 25.2. The summed E-state index contributed by atoms with van der Waals surface area (Å²) in [5.41, 5.74) is 1.44. The maximum absolute atomic E-state index is 13.1. The molecule has 9 heteroatoms. The maximum atomic E-state index is 13.1. The Hall–Kier alpha value is -3.52. The number of alkyl halides is 2. The highest BCUT2D eigenvalue weighted by molar-refractivity contribution is 6.35. The van der Waals surface area contributed by atoms with Crippen LogP contribution in [0.2, 0.25) is 5.02 Å². The van der Waals surface area contributed by atoms with E-state index >= 15 is 0 Å². The monoisotopic (exact) mass is 462 g/mol. The van der Waals surface area contributed by atoms with E-state index in [0.29, 0.717) is 11.4 Å². The summed E-state index contributed by atoms with van der Waals surface area (Å²) in [5, 5.41) is 5.27. The van der Waals surface area contributed by atoms with E-state index in [1.54, 1.807) is 18.2 Å². The van der Waals surface area contributed by atoms with E-state index in [4.69, 9.17) is 16.3 Å². The van der Waals surface area contributed by atoms with Crippen molar-refractivity contribution in [2.45, 2.75) is 6.43 Å². The zero-order valence-corrected chi connectivity index (χ0v) is 17.6. The molecule has 0 spiro atoms. The average molecular weight is 463 g/mol. The third-order valence-electron chi connectivity index (χ3n) is 4.47. The van der Waals surface area contributed by atoms with Crippen molar-refractivity contribution >= 4 is 34.7 Å². The van der Waals surface area contributed by atoms with Gasteiger partial charge in [-0.25, -0.2) is 13.2 Å².